The molecule has 1 aromatic heterocycles. The molecule has 148 valence electrons. The molecule has 0 radical (unpaired) electrons. The van der Waals surface area contributed by atoms with Gasteiger partial charge in [0.25, 0.3) is 10.0 Å². The fraction of sp³-hybridized carbons (Fsp3) is 0.0500. The Balaban J connectivity index is 1.65. The average Bonchev–Trinajstić information content (AvgIpc) is 2.69. The molecule has 0 spiro atoms. The molecule has 1 heterocycles. The molecule has 0 saturated heterocycles. The Labute approximate surface area is 174 Å². The van der Waals surface area contributed by atoms with Crippen molar-refractivity contribution in [2.75, 3.05) is 15.4 Å². The van der Waals surface area contributed by atoms with Crippen LogP contribution in [-0.4, -0.2) is 24.3 Å². The molecule has 9 heteroatoms. The molecule has 0 aliphatic carbocycles. The minimum absolute atomic E-state index is 0.0383. The molecule has 3 rings (SSSR count). The zero-order valence-electron chi connectivity index (χ0n) is 15.4. The van der Waals surface area contributed by atoms with Crippen molar-refractivity contribution < 1.29 is 13.2 Å². The molecule has 3 N–H and O–H groups in total. The molecule has 0 fully saturated rings. The highest BCUT2D eigenvalue weighted by atomic mass is 32.2. The molecule has 0 atom stereocenters. The van der Waals surface area contributed by atoms with Gasteiger partial charge in [0, 0.05) is 23.1 Å². The summed E-state index contributed by atoms with van der Waals surface area (Å²) in [4.78, 5) is 15.5. The number of anilines is 3. The number of ketones is 1. The van der Waals surface area contributed by atoms with Crippen molar-refractivity contribution in [1.82, 2.24) is 4.98 Å². The summed E-state index contributed by atoms with van der Waals surface area (Å²) in [7, 11) is -3.74. The second-order valence-corrected chi connectivity index (χ2v) is 8.15. The molecular formula is C20H18N4O3S2. The SMILES string of the molecule is CC(=O)c1cccc(NC(=S)Nc2ccc(S(=O)(=O)Nc3ccccn3)cc2)c1. The van der Waals surface area contributed by atoms with E-state index in [1.165, 1.54) is 25.3 Å². The Morgan fingerprint density at radius 1 is 0.931 bits per heavy atom. The second kappa shape index (κ2) is 8.80. The highest BCUT2D eigenvalue weighted by Gasteiger charge is 2.14. The van der Waals surface area contributed by atoms with E-state index in [2.05, 4.69) is 20.3 Å². The van der Waals surface area contributed by atoms with Gasteiger partial charge in [0.2, 0.25) is 0 Å². The fourth-order valence-electron chi connectivity index (χ4n) is 2.45. The van der Waals surface area contributed by atoms with E-state index in [-0.39, 0.29) is 16.5 Å². The van der Waals surface area contributed by atoms with Gasteiger partial charge >= 0.3 is 0 Å². The standard InChI is InChI=1S/C20H18N4O3S2/c1-14(25)15-5-4-6-17(13-15)23-20(28)22-16-8-10-18(11-9-16)29(26,27)24-19-7-2-3-12-21-19/h2-13H,1H3,(H,21,24)(H2,22,23,28). The van der Waals surface area contributed by atoms with Crippen molar-refractivity contribution in [3.8, 4) is 0 Å². The van der Waals surface area contributed by atoms with Crippen LogP contribution in [0.2, 0.25) is 0 Å². The summed E-state index contributed by atoms with van der Waals surface area (Å²) in [5, 5.41) is 6.28. The van der Waals surface area contributed by atoms with Gasteiger partial charge in [-0.25, -0.2) is 13.4 Å². The number of pyridine rings is 1. The Kier molecular flexibility index (Phi) is 6.20. The van der Waals surface area contributed by atoms with Crippen LogP contribution in [0.4, 0.5) is 17.2 Å². The van der Waals surface area contributed by atoms with E-state index in [0.717, 1.165) is 0 Å². The van der Waals surface area contributed by atoms with Gasteiger partial charge in [-0.2, -0.15) is 0 Å². The number of hydrogen-bond acceptors (Lipinski definition) is 5. The van der Waals surface area contributed by atoms with Gasteiger partial charge in [0.15, 0.2) is 10.9 Å². The maximum Gasteiger partial charge on any atom is 0.263 e. The topological polar surface area (TPSA) is 100 Å². The molecular weight excluding hydrogens is 408 g/mol. The zero-order chi connectivity index (χ0) is 20.9. The van der Waals surface area contributed by atoms with Gasteiger partial charge in [0.1, 0.15) is 5.82 Å². The van der Waals surface area contributed by atoms with Crippen molar-refractivity contribution in [2.45, 2.75) is 11.8 Å². The lowest BCUT2D eigenvalue weighted by Gasteiger charge is -2.12. The second-order valence-electron chi connectivity index (χ2n) is 6.06. The summed E-state index contributed by atoms with van der Waals surface area (Å²) in [6.45, 7) is 1.49. The number of nitrogens with zero attached hydrogens (tertiary/aromatic N) is 1. The molecule has 7 nitrogen and oxygen atoms in total. The van der Waals surface area contributed by atoms with Crippen LogP contribution in [0.5, 0.6) is 0 Å². The van der Waals surface area contributed by atoms with Crippen LogP contribution in [0, 0.1) is 0 Å². The van der Waals surface area contributed by atoms with Crippen LogP contribution in [0.3, 0.4) is 0 Å². The largest absolute Gasteiger partial charge is 0.332 e. The number of carbonyl (C=O) groups excluding carboxylic acids is 1. The third-order valence-corrected chi connectivity index (χ3v) is 5.43. The molecule has 0 aliphatic heterocycles. The van der Waals surface area contributed by atoms with Crippen molar-refractivity contribution in [3.05, 3.63) is 78.5 Å². The number of rotatable bonds is 6. The molecule has 0 bridgehead atoms. The smallest absolute Gasteiger partial charge is 0.263 e. The molecule has 0 saturated carbocycles. The number of carbonyl (C=O) groups is 1. The summed E-state index contributed by atoms with van der Waals surface area (Å²) < 4.78 is 27.3. The number of hydrogen-bond donors (Lipinski definition) is 3. The van der Waals surface area contributed by atoms with Gasteiger partial charge in [-0.1, -0.05) is 18.2 Å². The quantitative estimate of drug-likeness (QED) is 0.406. The maximum absolute atomic E-state index is 12.4. The Hall–Kier alpha value is -3.30. The number of benzene rings is 2. The van der Waals surface area contributed by atoms with Crippen LogP contribution in [0.15, 0.2) is 77.8 Å². The minimum atomic E-state index is -3.74. The first kappa shape index (κ1) is 20.4. The van der Waals surface area contributed by atoms with Crippen molar-refractivity contribution >= 4 is 50.3 Å². The molecule has 29 heavy (non-hydrogen) atoms. The minimum Gasteiger partial charge on any atom is -0.332 e. The Morgan fingerprint density at radius 3 is 2.31 bits per heavy atom. The van der Waals surface area contributed by atoms with E-state index in [1.807, 2.05) is 0 Å². The average molecular weight is 427 g/mol. The predicted octanol–water partition coefficient (Wildman–Crippen LogP) is 3.89. The van der Waals surface area contributed by atoms with Crippen LogP contribution < -0.4 is 15.4 Å². The third-order valence-electron chi connectivity index (χ3n) is 3.85. The molecule has 0 aliphatic rings. The van der Waals surface area contributed by atoms with Crippen LogP contribution in [0.25, 0.3) is 0 Å². The molecule has 3 aromatic rings. The number of Topliss-reactive ketones (excluding diaryl/α,β-unsaturated/α-hetero) is 1. The van der Waals surface area contributed by atoms with Crippen LogP contribution >= 0.6 is 12.2 Å². The van der Waals surface area contributed by atoms with E-state index in [0.29, 0.717) is 22.1 Å². The zero-order valence-corrected chi connectivity index (χ0v) is 17.0. The number of nitrogens with one attached hydrogen (secondary N) is 3. The summed E-state index contributed by atoms with van der Waals surface area (Å²) in [5.41, 5.74) is 1.86. The van der Waals surface area contributed by atoms with Crippen molar-refractivity contribution in [1.29, 1.82) is 0 Å². The van der Waals surface area contributed by atoms with Gasteiger partial charge in [0.05, 0.1) is 4.90 Å². The van der Waals surface area contributed by atoms with E-state index >= 15 is 0 Å². The monoisotopic (exact) mass is 426 g/mol. The predicted molar refractivity (Wildman–Crippen MR) is 118 cm³/mol. The first-order chi connectivity index (χ1) is 13.8. The highest BCUT2D eigenvalue weighted by molar-refractivity contribution is 7.92. The first-order valence-corrected chi connectivity index (χ1v) is 10.5. The molecule has 2 aromatic carbocycles. The number of aromatic nitrogens is 1. The van der Waals surface area contributed by atoms with Crippen molar-refractivity contribution in [3.63, 3.8) is 0 Å². The van der Waals surface area contributed by atoms with E-state index < -0.39 is 10.0 Å². The van der Waals surface area contributed by atoms with E-state index in [1.54, 1.807) is 54.6 Å². The highest BCUT2D eigenvalue weighted by Crippen LogP contribution is 2.18. The maximum atomic E-state index is 12.4. The summed E-state index contributed by atoms with van der Waals surface area (Å²) in [6, 6.07) is 18.1. The summed E-state index contributed by atoms with van der Waals surface area (Å²) in [6.07, 6.45) is 1.50. The van der Waals surface area contributed by atoms with Gasteiger partial charge < -0.3 is 10.6 Å². The third kappa shape index (κ3) is 5.59. The lowest BCUT2D eigenvalue weighted by Crippen LogP contribution is -2.19. The van der Waals surface area contributed by atoms with Crippen molar-refractivity contribution in [2.24, 2.45) is 0 Å². The summed E-state index contributed by atoms with van der Waals surface area (Å²) >= 11 is 5.27. The van der Waals surface area contributed by atoms with Gasteiger partial charge in [-0.3, -0.25) is 9.52 Å². The van der Waals surface area contributed by atoms with Crippen LogP contribution in [0.1, 0.15) is 17.3 Å². The van der Waals surface area contributed by atoms with Gasteiger partial charge in [-0.05, 0) is 67.7 Å². The lowest BCUT2D eigenvalue weighted by molar-refractivity contribution is 0.101. The van der Waals surface area contributed by atoms with E-state index in [9.17, 15) is 13.2 Å². The fourth-order valence-corrected chi connectivity index (χ4v) is 3.69. The molecule has 0 unspecified atom stereocenters. The van der Waals surface area contributed by atoms with Crippen LogP contribution in [-0.2, 0) is 10.0 Å². The van der Waals surface area contributed by atoms with E-state index in [4.69, 9.17) is 12.2 Å². The number of thiocarbonyl (C=S) groups is 1. The normalized spacial score (nSPS) is 10.8. The Morgan fingerprint density at radius 2 is 1.66 bits per heavy atom. The Bertz CT molecular complexity index is 1130. The number of sulfonamides is 1. The first-order valence-electron chi connectivity index (χ1n) is 8.56. The summed E-state index contributed by atoms with van der Waals surface area (Å²) in [5.74, 6) is 0.205. The molecule has 0 amide bonds. The van der Waals surface area contributed by atoms with Gasteiger partial charge in [-0.15, -0.1) is 0 Å². The lowest BCUT2D eigenvalue weighted by atomic mass is 10.1.